The molecule has 0 radical (unpaired) electrons. The molecule has 0 aliphatic carbocycles. The van der Waals surface area contributed by atoms with Crippen LogP contribution in [0.5, 0.6) is 5.75 Å². The van der Waals surface area contributed by atoms with Crippen molar-refractivity contribution in [1.82, 2.24) is 9.88 Å². The van der Waals surface area contributed by atoms with Crippen LogP contribution in [0.4, 0.5) is 14.9 Å². The van der Waals surface area contributed by atoms with Crippen LogP contribution in [0, 0.1) is 26.6 Å². The third-order valence-electron chi connectivity index (χ3n) is 5.96. The molecule has 3 N–H and O–H groups in total. The van der Waals surface area contributed by atoms with Crippen molar-refractivity contribution in [3.63, 3.8) is 0 Å². The number of aryl methyl sites for hydroxylation is 3. The molecule has 1 aromatic heterocycles. The summed E-state index contributed by atoms with van der Waals surface area (Å²) in [6.07, 6.45) is -0.269. The second kappa shape index (κ2) is 11.1. The molecular formula is C27H30FN3O5. The van der Waals surface area contributed by atoms with Gasteiger partial charge in [0.1, 0.15) is 11.6 Å². The van der Waals surface area contributed by atoms with Gasteiger partial charge in [-0.3, -0.25) is 9.59 Å². The Morgan fingerprint density at radius 1 is 1.11 bits per heavy atom. The van der Waals surface area contributed by atoms with E-state index < -0.39 is 35.2 Å². The lowest BCUT2D eigenvalue weighted by molar-refractivity contribution is -0.143. The number of hydrogen-bond acceptors (Lipinski definition) is 5. The third kappa shape index (κ3) is 5.91. The number of carbonyl (C=O) groups is 2. The van der Waals surface area contributed by atoms with Crippen molar-refractivity contribution in [2.75, 3.05) is 11.9 Å². The Labute approximate surface area is 208 Å². The second-order valence-electron chi connectivity index (χ2n) is 8.61. The highest BCUT2D eigenvalue weighted by Crippen LogP contribution is 2.31. The van der Waals surface area contributed by atoms with E-state index in [0.717, 1.165) is 16.7 Å². The fourth-order valence-corrected chi connectivity index (χ4v) is 4.10. The largest absolute Gasteiger partial charge is 0.505 e. The van der Waals surface area contributed by atoms with Gasteiger partial charge in [0.15, 0.2) is 5.69 Å². The van der Waals surface area contributed by atoms with Gasteiger partial charge >= 0.3 is 12.0 Å². The molecule has 0 saturated heterocycles. The molecule has 0 fully saturated rings. The summed E-state index contributed by atoms with van der Waals surface area (Å²) in [4.78, 5) is 37.7. The van der Waals surface area contributed by atoms with Gasteiger partial charge in [-0.1, -0.05) is 18.2 Å². The van der Waals surface area contributed by atoms with Gasteiger partial charge in [0, 0.05) is 18.8 Å². The number of rotatable bonds is 7. The molecule has 2 amide bonds. The first-order valence-electron chi connectivity index (χ1n) is 11.5. The molecular weight excluding hydrogens is 465 g/mol. The van der Waals surface area contributed by atoms with Gasteiger partial charge in [-0.15, -0.1) is 0 Å². The highest BCUT2D eigenvalue weighted by atomic mass is 19.1. The number of ether oxygens (including phenoxy) is 1. The molecule has 1 unspecified atom stereocenters. The average Bonchev–Trinajstić information content (AvgIpc) is 2.80. The molecule has 0 bridgehead atoms. The third-order valence-corrected chi connectivity index (χ3v) is 5.96. The maximum Gasteiger partial charge on any atom is 0.319 e. The Hall–Kier alpha value is -4.14. The van der Waals surface area contributed by atoms with E-state index in [0.29, 0.717) is 16.8 Å². The predicted molar refractivity (Wildman–Crippen MR) is 136 cm³/mol. The van der Waals surface area contributed by atoms with E-state index >= 15 is 0 Å². The molecule has 3 rings (SSSR count). The number of nitrogens with zero attached hydrogens (tertiary/aromatic N) is 1. The first-order valence-corrected chi connectivity index (χ1v) is 11.5. The summed E-state index contributed by atoms with van der Waals surface area (Å²) in [5.41, 5.74) is 3.28. The van der Waals surface area contributed by atoms with Crippen molar-refractivity contribution in [2.45, 2.75) is 40.2 Å². The number of aromatic nitrogens is 1. The van der Waals surface area contributed by atoms with E-state index in [2.05, 4.69) is 10.6 Å². The maximum atomic E-state index is 14.8. The number of benzene rings is 2. The van der Waals surface area contributed by atoms with Gasteiger partial charge in [-0.05, 0) is 73.7 Å². The number of hydrogen-bond donors (Lipinski definition) is 3. The van der Waals surface area contributed by atoms with Crippen molar-refractivity contribution >= 4 is 17.7 Å². The lowest BCUT2D eigenvalue weighted by atomic mass is 9.92. The van der Waals surface area contributed by atoms with Crippen LogP contribution in [-0.4, -0.2) is 28.3 Å². The lowest BCUT2D eigenvalue weighted by Gasteiger charge is -2.21. The van der Waals surface area contributed by atoms with Crippen LogP contribution in [0.1, 0.15) is 41.8 Å². The molecule has 0 spiro atoms. The van der Waals surface area contributed by atoms with Gasteiger partial charge in [0.05, 0.1) is 19.1 Å². The van der Waals surface area contributed by atoms with E-state index in [1.807, 2.05) is 32.0 Å². The van der Waals surface area contributed by atoms with Gasteiger partial charge in [-0.25, -0.2) is 9.18 Å². The minimum atomic E-state index is -0.973. The number of aromatic hydroxyl groups is 1. The molecule has 2 aromatic carbocycles. The van der Waals surface area contributed by atoms with E-state index in [9.17, 15) is 23.9 Å². The molecule has 0 saturated carbocycles. The first-order chi connectivity index (χ1) is 17.0. The molecule has 1 atom stereocenters. The van der Waals surface area contributed by atoms with Crippen molar-refractivity contribution in [3.05, 3.63) is 81.0 Å². The molecule has 36 heavy (non-hydrogen) atoms. The summed E-state index contributed by atoms with van der Waals surface area (Å²) < 4.78 is 21.1. The normalized spacial score (nSPS) is 11.6. The van der Waals surface area contributed by atoms with E-state index in [4.69, 9.17) is 4.74 Å². The molecule has 3 aromatic rings. The van der Waals surface area contributed by atoms with Crippen molar-refractivity contribution in [1.29, 1.82) is 0 Å². The van der Waals surface area contributed by atoms with Crippen molar-refractivity contribution in [2.24, 2.45) is 7.05 Å². The number of anilines is 1. The Bertz CT molecular complexity index is 1350. The Morgan fingerprint density at radius 2 is 1.78 bits per heavy atom. The van der Waals surface area contributed by atoms with Crippen LogP contribution >= 0.6 is 0 Å². The highest BCUT2D eigenvalue weighted by molar-refractivity contribution is 5.91. The SMILES string of the molecule is CCOC(=O)CC(NC(=O)Nc1c(O)cc(C)n(C)c1=O)c1cc(F)cc(-c2c(C)cccc2C)c1. The molecule has 0 aliphatic heterocycles. The van der Waals surface area contributed by atoms with Crippen LogP contribution in [0.25, 0.3) is 11.1 Å². The van der Waals surface area contributed by atoms with E-state index in [-0.39, 0.29) is 18.7 Å². The smallest absolute Gasteiger partial charge is 0.319 e. The standard InChI is InChI=1S/C27H30FN3O5/c1-6-36-23(33)14-21(29-27(35)30-25-22(32)10-17(4)31(5)26(25)34)18-11-19(13-20(28)12-18)24-15(2)8-7-9-16(24)3/h7-13,21,32H,6,14H2,1-5H3,(H2,29,30,35). The van der Waals surface area contributed by atoms with Crippen LogP contribution in [-0.2, 0) is 16.6 Å². The summed E-state index contributed by atoms with van der Waals surface area (Å²) in [5.74, 6) is -1.52. The van der Waals surface area contributed by atoms with Crippen LogP contribution in [0.2, 0.25) is 0 Å². The molecule has 190 valence electrons. The number of amides is 2. The monoisotopic (exact) mass is 495 g/mol. The van der Waals surface area contributed by atoms with Gasteiger partial charge < -0.3 is 25.0 Å². The number of urea groups is 1. The summed E-state index contributed by atoms with van der Waals surface area (Å²) in [6, 6.07) is 9.62. The molecule has 0 aliphatic rings. The quantitative estimate of drug-likeness (QED) is 0.414. The Kier molecular flexibility index (Phi) is 8.14. The van der Waals surface area contributed by atoms with Crippen LogP contribution < -0.4 is 16.2 Å². The lowest BCUT2D eigenvalue weighted by Crippen LogP contribution is -2.36. The van der Waals surface area contributed by atoms with Gasteiger partial charge in [-0.2, -0.15) is 0 Å². The number of halogens is 1. The fraction of sp³-hybridized carbons (Fsp3) is 0.296. The molecule has 1 heterocycles. The molecule has 9 heteroatoms. The summed E-state index contributed by atoms with van der Waals surface area (Å²) in [7, 11) is 1.51. The minimum Gasteiger partial charge on any atom is -0.505 e. The average molecular weight is 496 g/mol. The van der Waals surface area contributed by atoms with Crippen molar-refractivity contribution in [3.8, 4) is 16.9 Å². The number of pyridine rings is 1. The van der Waals surface area contributed by atoms with Gasteiger partial charge in [0.2, 0.25) is 0 Å². The topological polar surface area (TPSA) is 110 Å². The first kappa shape index (κ1) is 26.5. The summed E-state index contributed by atoms with van der Waals surface area (Å²) in [5, 5.41) is 15.2. The number of esters is 1. The van der Waals surface area contributed by atoms with E-state index in [1.54, 1.807) is 19.9 Å². The molecule has 8 nitrogen and oxygen atoms in total. The Balaban J connectivity index is 1.99. The summed E-state index contributed by atoms with van der Waals surface area (Å²) >= 11 is 0. The van der Waals surface area contributed by atoms with Crippen LogP contribution in [0.3, 0.4) is 0 Å². The zero-order chi connectivity index (χ0) is 26.6. The number of carbonyl (C=O) groups excluding carboxylic acids is 2. The van der Waals surface area contributed by atoms with E-state index in [1.165, 1.54) is 29.8 Å². The fourth-order valence-electron chi connectivity index (χ4n) is 4.10. The maximum absolute atomic E-state index is 14.8. The zero-order valence-electron chi connectivity index (χ0n) is 20.9. The highest BCUT2D eigenvalue weighted by Gasteiger charge is 2.23. The van der Waals surface area contributed by atoms with Gasteiger partial charge in [0.25, 0.3) is 5.56 Å². The predicted octanol–water partition coefficient (Wildman–Crippen LogP) is 4.64. The number of nitrogens with one attached hydrogen (secondary N) is 2. The summed E-state index contributed by atoms with van der Waals surface area (Å²) in [6.45, 7) is 7.27. The minimum absolute atomic E-state index is 0.141. The van der Waals surface area contributed by atoms with Crippen molar-refractivity contribution < 1.29 is 23.8 Å². The van der Waals surface area contributed by atoms with Crippen LogP contribution in [0.15, 0.2) is 47.3 Å². The Morgan fingerprint density at radius 3 is 2.42 bits per heavy atom. The second-order valence-corrected chi connectivity index (χ2v) is 8.61. The zero-order valence-corrected chi connectivity index (χ0v) is 20.9.